The molecule has 146 valence electrons. The molecule has 1 aliphatic carbocycles. The molecule has 0 atom stereocenters. The standard InChI is InChI=1S/C17H28N4O4S/c1-13-4-6-14(7-5-13)19-16-9-8-15(12-17(16)21(22)23)26(24,25)18-10-11-20(2)3/h8-9,12-14,18-19H,4-7,10-11H2,1-3H3. The molecule has 0 unspecified atom stereocenters. The first-order valence-electron chi connectivity index (χ1n) is 8.88. The zero-order valence-electron chi connectivity index (χ0n) is 15.6. The average Bonchev–Trinajstić information content (AvgIpc) is 2.56. The minimum absolute atomic E-state index is 0.0919. The maximum Gasteiger partial charge on any atom is 0.293 e. The first-order valence-corrected chi connectivity index (χ1v) is 10.4. The summed E-state index contributed by atoms with van der Waals surface area (Å²) in [5.41, 5.74) is 0.168. The number of nitrogens with zero attached hydrogens (tertiary/aromatic N) is 2. The van der Waals surface area contributed by atoms with Gasteiger partial charge in [0.1, 0.15) is 5.69 Å². The SMILES string of the molecule is CC1CCC(Nc2ccc(S(=O)(=O)NCCN(C)C)cc2[N+](=O)[O-])CC1. The monoisotopic (exact) mass is 384 g/mol. The molecule has 0 aromatic heterocycles. The molecule has 2 N–H and O–H groups in total. The highest BCUT2D eigenvalue weighted by atomic mass is 32.2. The number of benzene rings is 1. The average molecular weight is 385 g/mol. The molecule has 0 heterocycles. The second-order valence-corrected chi connectivity index (χ2v) is 9.01. The molecule has 8 nitrogen and oxygen atoms in total. The molecule has 0 amide bonds. The lowest BCUT2D eigenvalue weighted by Gasteiger charge is -2.27. The van der Waals surface area contributed by atoms with E-state index in [0.29, 0.717) is 18.2 Å². The molecule has 1 aromatic rings. The van der Waals surface area contributed by atoms with E-state index >= 15 is 0 Å². The van der Waals surface area contributed by atoms with Crippen molar-refractivity contribution in [2.24, 2.45) is 5.92 Å². The summed E-state index contributed by atoms with van der Waals surface area (Å²) in [5.74, 6) is 0.684. The van der Waals surface area contributed by atoms with Crippen LogP contribution < -0.4 is 10.0 Å². The predicted molar refractivity (Wildman–Crippen MR) is 102 cm³/mol. The van der Waals surface area contributed by atoms with Crippen molar-refractivity contribution in [3.05, 3.63) is 28.3 Å². The fourth-order valence-electron chi connectivity index (χ4n) is 3.06. The summed E-state index contributed by atoms with van der Waals surface area (Å²) < 4.78 is 27.2. The van der Waals surface area contributed by atoms with Crippen LogP contribution in [0.25, 0.3) is 0 Å². The lowest BCUT2D eigenvalue weighted by molar-refractivity contribution is -0.384. The molecule has 9 heteroatoms. The zero-order chi connectivity index (χ0) is 19.3. The second-order valence-electron chi connectivity index (χ2n) is 7.24. The number of rotatable bonds is 8. The maximum absolute atomic E-state index is 12.4. The number of nitro benzene ring substituents is 1. The van der Waals surface area contributed by atoms with Crippen LogP contribution in [0.15, 0.2) is 23.1 Å². The summed E-state index contributed by atoms with van der Waals surface area (Å²) in [6, 6.07) is 4.23. The van der Waals surface area contributed by atoms with Crippen LogP contribution in [0, 0.1) is 16.0 Å². The Labute approximate surface area is 155 Å². The van der Waals surface area contributed by atoms with Gasteiger partial charge in [-0.2, -0.15) is 0 Å². The number of likely N-dealkylation sites (N-methyl/N-ethyl adjacent to an activating group) is 1. The Bertz CT molecular complexity index is 728. The number of nitrogens with one attached hydrogen (secondary N) is 2. The topological polar surface area (TPSA) is 105 Å². The van der Waals surface area contributed by atoms with Gasteiger partial charge in [0.05, 0.1) is 9.82 Å². The van der Waals surface area contributed by atoms with Gasteiger partial charge in [0.25, 0.3) is 5.69 Å². The maximum atomic E-state index is 12.4. The van der Waals surface area contributed by atoms with Gasteiger partial charge < -0.3 is 10.2 Å². The minimum Gasteiger partial charge on any atom is -0.377 e. The summed E-state index contributed by atoms with van der Waals surface area (Å²) in [7, 11) is -0.100. The Balaban J connectivity index is 2.16. The third kappa shape index (κ3) is 5.65. The smallest absolute Gasteiger partial charge is 0.293 e. The van der Waals surface area contributed by atoms with Crippen LogP contribution in [0.3, 0.4) is 0 Å². The van der Waals surface area contributed by atoms with Crippen LogP contribution in [0.2, 0.25) is 0 Å². The fraction of sp³-hybridized carbons (Fsp3) is 0.647. The van der Waals surface area contributed by atoms with E-state index in [2.05, 4.69) is 17.0 Å². The highest BCUT2D eigenvalue weighted by molar-refractivity contribution is 7.89. The van der Waals surface area contributed by atoms with Crippen LogP contribution >= 0.6 is 0 Å². The molecule has 26 heavy (non-hydrogen) atoms. The van der Waals surface area contributed by atoms with Crippen LogP contribution in [-0.2, 0) is 10.0 Å². The summed E-state index contributed by atoms with van der Waals surface area (Å²) in [6.45, 7) is 2.99. The quantitative estimate of drug-likeness (QED) is 0.527. The molecule has 0 spiro atoms. The van der Waals surface area contributed by atoms with Crippen LogP contribution in [0.1, 0.15) is 32.6 Å². The first kappa shape index (κ1) is 20.6. The van der Waals surface area contributed by atoms with E-state index in [1.807, 2.05) is 19.0 Å². The van der Waals surface area contributed by atoms with Crippen molar-refractivity contribution < 1.29 is 13.3 Å². The molecule has 1 saturated carbocycles. The molecule has 0 bridgehead atoms. The first-order chi connectivity index (χ1) is 12.2. The molecule has 1 fully saturated rings. The largest absolute Gasteiger partial charge is 0.377 e. The van der Waals surface area contributed by atoms with E-state index in [9.17, 15) is 18.5 Å². The lowest BCUT2D eigenvalue weighted by Crippen LogP contribution is -2.31. The molecule has 0 aliphatic heterocycles. The zero-order valence-corrected chi connectivity index (χ0v) is 16.4. The Morgan fingerprint density at radius 2 is 1.88 bits per heavy atom. The fourth-order valence-corrected chi connectivity index (χ4v) is 4.10. The molecular formula is C17H28N4O4S. The van der Waals surface area contributed by atoms with E-state index in [1.54, 1.807) is 0 Å². The van der Waals surface area contributed by atoms with Crippen molar-refractivity contribution in [3.8, 4) is 0 Å². The second kappa shape index (κ2) is 8.79. The van der Waals surface area contributed by atoms with Gasteiger partial charge in [0.2, 0.25) is 10.0 Å². The van der Waals surface area contributed by atoms with E-state index in [-0.39, 0.29) is 23.2 Å². The summed E-state index contributed by atoms with van der Waals surface area (Å²) >= 11 is 0. The number of sulfonamides is 1. The van der Waals surface area contributed by atoms with Gasteiger partial charge in [0, 0.05) is 25.2 Å². The molecular weight excluding hydrogens is 356 g/mol. The van der Waals surface area contributed by atoms with Gasteiger partial charge in [-0.25, -0.2) is 13.1 Å². The molecule has 0 radical (unpaired) electrons. The molecule has 2 rings (SSSR count). The number of hydrogen-bond acceptors (Lipinski definition) is 6. The Morgan fingerprint density at radius 3 is 2.46 bits per heavy atom. The van der Waals surface area contributed by atoms with Crippen molar-refractivity contribution >= 4 is 21.4 Å². The van der Waals surface area contributed by atoms with Crippen molar-refractivity contribution in [3.63, 3.8) is 0 Å². The highest BCUT2D eigenvalue weighted by Gasteiger charge is 2.24. The Kier molecular flexibility index (Phi) is 6.96. The summed E-state index contributed by atoms with van der Waals surface area (Å²) in [6.07, 6.45) is 4.11. The Morgan fingerprint density at radius 1 is 1.23 bits per heavy atom. The molecule has 1 aromatic carbocycles. The minimum atomic E-state index is -3.78. The Hall–Kier alpha value is -1.71. The third-order valence-corrected chi connectivity index (χ3v) is 6.16. The van der Waals surface area contributed by atoms with Crippen LogP contribution in [0.4, 0.5) is 11.4 Å². The third-order valence-electron chi connectivity index (χ3n) is 4.70. The van der Waals surface area contributed by atoms with Gasteiger partial charge in [-0.15, -0.1) is 0 Å². The van der Waals surface area contributed by atoms with E-state index in [0.717, 1.165) is 31.7 Å². The number of anilines is 1. The van der Waals surface area contributed by atoms with Gasteiger partial charge in [-0.05, 0) is 57.8 Å². The molecule has 0 saturated heterocycles. The summed E-state index contributed by atoms with van der Waals surface area (Å²) in [4.78, 5) is 12.7. The highest BCUT2D eigenvalue weighted by Crippen LogP contribution is 2.31. The van der Waals surface area contributed by atoms with E-state index in [1.165, 1.54) is 12.1 Å². The lowest BCUT2D eigenvalue weighted by atomic mass is 9.87. The van der Waals surface area contributed by atoms with Crippen molar-refractivity contribution in [2.45, 2.75) is 43.5 Å². The van der Waals surface area contributed by atoms with Gasteiger partial charge in [-0.3, -0.25) is 10.1 Å². The van der Waals surface area contributed by atoms with E-state index in [4.69, 9.17) is 0 Å². The number of hydrogen-bond donors (Lipinski definition) is 2. The van der Waals surface area contributed by atoms with Gasteiger partial charge >= 0.3 is 0 Å². The van der Waals surface area contributed by atoms with Crippen molar-refractivity contribution in [2.75, 3.05) is 32.5 Å². The van der Waals surface area contributed by atoms with E-state index < -0.39 is 14.9 Å². The molecule has 1 aliphatic rings. The number of nitro groups is 1. The normalized spacial score (nSPS) is 20.9. The van der Waals surface area contributed by atoms with Crippen molar-refractivity contribution in [1.29, 1.82) is 0 Å². The van der Waals surface area contributed by atoms with Crippen LogP contribution in [-0.4, -0.2) is 51.5 Å². The summed E-state index contributed by atoms with van der Waals surface area (Å²) in [5, 5.41) is 14.7. The van der Waals surface area contributed by atoms with Gasteiger partial charge in [-0.1, -0.05) is 6.92 Å². The predicted octanol–water partition coefficient (Wildman–Crippen LogP) is 2.43. The van der Waals surface area contributed by atoms with Crippen molar-refractivity contribution in [1.82, 2.24) is 9.62 Å². The van der Waals surface area contributed by atoms with Gasteiger partial charge in [0.15, 0.2) is 0 Å². The van der Waals surface area contributed by atoms with Crippen LogP contribution in [0.5, 0.6) is 0 Å².